The van der Waals surface area contributed by atoms with E-state index in [1.54, 1.807) is 24.5 Å². The van der Waals surface area contributed by atoms with Gasteiger partial charge in [-0.3, -0.25) is 29.0 Å². The number of urea groups is 1. The van der Waals surface area contributed by atoms with Crippen molar-refractivity contribution in [2.24, 2.45) is 11.8 Å². The molecule has 6 amide bonds. The Labute approximate surface area is 348 Å². The average molecular weight is 852 g/mol. The number of unbranched alkanes of at least 4 members (excludes halogenated alkanes) is 1. The van der Waals surface area contributed by atoms with Crippen molar-refractivity contribution < 1.29 is 67.9 Å². The second-order valence-corrected chi connectivity index (χ2v) is 14.3. The summed E-state index contributed by atoms with van der Waals surface area (Å²) in [5.41, 5.74) is 0.781. The zero-order valence-electron chi connectivity index (χ0n) is 34.1. The Bertz CT molecular complexity index is 1510. The highest BCUT2D eigenvalue weighted by Crippen LogP contribution is 2.28. The van der Waals surface area contributed by atoms with E-state index in [0.29, 0.717) is 65.4 Å². The molecule has 3 atom stereocenters. The number of hydrogen-bond donors (Lipinski definition) is 9. The lowest BCUT2D eigenvalue weighted by atomic mass is 9.81. The lowest BCUT2D eigenvalue weighted by Crippen LogP contribution is -2.51. The fourth-order valence-corrected chi connectivity index (χ4v) is 6.18. The lowest BCUT2D eigenvalue weighted by Gasteiger charge is -2.29. The fourth-order valence-electron chi connectivity index (χ4n) is 6.18. The van der Waals surface area contributed by atoms with Gasteiger partial charge in [0.1, 0.15) is 18.1 Å². The minimum Gasteiger partial charge on any atom is -0.481 e. The zero-order chi connectivity index (χ0) is 44.1. The van der Waals surface area contributed by atoms with Crippen molar-refractivity contribution in [3.63, 3.8) is 0 Å². The summed E-state index contributed by atoms with van der Waals surface area (Å²) >= 11 is 0. The molecular formula is C39H61N7O14. The van der Waals surface area contributed by atoms with Crippen LogP contribution in [0.3, 0.4) is 0 Å². The number of amides is 6. The van der Waals surface area contributed by atoms with Crippen LogP contribution in [0.1, 0.15) is 76.7 Å². The number of hydrogen-bond acceptors (Lipinski definition) is 12. The molecule has 0 saturated heterocycles. The van der Waals surface area contributed by atoms with Gasteiger partial charge in [-0.05, 0) is 75.0 Å². The standard InChI is InChI=1S/C39H61N7O14/c1-26(47)41-17-19-59-21-23-60-22-20-58-18-13-33(48)43-25-28-5-7-29(8-6-28)35(51)44-32(24-27-11-15-40-16-12-27)36(52)42-14-3-2-4-30(37(53)54)45-39(57)46-31(38(55)56)9-10-34(49)50/h11-12,15-16,28-32H,2-10,13-14,17-25H2,1H3,(H,41,47)(H,42,52)(H,43,48)(H,44,51)(H,49,50)(H,53,54)(H,55,56)(H2,45,46,57)/t28?,29?,30-,31-,32-/m0/s1. The molecule has 0 aliphatic heterocycles. The van der Waals surface area contributed by atoms with Crippen LogP contribution >= 0.6 is 0 Å². The summed E-state index contributed by atoms with van der Waals surface area (Å²) in [7, 11) is 0. The molecule has 0 aromatic carbocycles. The van der Waals surface area contributed by atoms with E-state index < -0.39 is 54.4 Å². The number of carbonyl (C=O) groups excluding carboxylic acids is 5. The monoisotopic (exact) mass is 851 g/mol. The van der Waals surface area contributed by atoms with Crippen LogP contribution in [0, 0.1) is 11.8 Å². The summed E-state index contributed by atoms with van der Waals surface area (Å²) in [5.74, 6) is -5.09. The largest absolute Gasteiger partial charge is 0.481 e. The van der Waals surface area contributed by atoms with Gasteiger partial charge < -0.3 is 61.4 Å². The molecule has 21 nitrogen and oxygen atoms in total. The molecule has 1 fully saturated rings. The van der Waals surface area contributed by atoms with Gasteiger partial charge in [0.25, 0.3) is 0 Å². The second kappa shape index (κ2) is 29.7. The highest BCUT2D eigenvalue weighted by molar-refractivity contribution is 5.89. The first-order valence-electron chi connectivity index (χ1n) is 20.2. The molecule has 1 heterocycles. The summed E-state index contributed by atoms with van der Waals surface area (Å²) in [5, 5.41) is 43.1. The third-order valence-corrected chi connectivity index (χ3v) is 9.54. The van der Waals surface area contributed by atoms with Gasteiger partial charge in [0.15, 0.2) is 0 Å². The zero-order valence-corrected chi connectivity index (χ0v) is 34.1. The van der Waals surface area contributed by atoms with Gasteiger partial charge in [0.2, 0.25) is 23.6 Å². The maximum Gasteiger partial charge on any atom is 0.326 e. The predicted molar refractivity (Wildman–Crippen MR) is 212 cm³/mol. The Morgan fingerprint density at radius 3 is 1.88 bits per heavy atom. The lowest BCUT2D eigenvalue weighted by molar-refractivity contribution is -0.141. The van der Waals surface area contributed by atoms with E-state index in [9.17, 15) is 48.6 Å². The molecule has 0 spiro atoms. The van der Waals surface area contributed by atoms with Gasteiger partial charge in [0, 0.05) is 64.1 Å². The first-order chi connectivity index (χ1) is 28.7. The van der Waals surface area contributed by atoms with Crippen LogP contribution < -0.4 is 31.9 Å². The Hall–Kier alpha value is -5.41. The third-order valence-electron chi connectivity index (χ3n) is 9.54. The summed E-state index contributed by atoms with van der Waals surface area (Å²) in [4.78, 5) is 100.0. The van der Waals surface area contributed by atoms with E-state index in [2.05, 4.69) is 36.9 Å². The highest BCUT2D eigenvalue weighted by Gasteiger charge is 2.30. The molecule has 21 heteroatoms. The molecule has 2 rings (SSSR count). The number of rotatable bonds is 31. The number of ether oxygens (including phenoxy) is 3. The minimum absolute atomic E-state index is 0.0398. The molecule has 1 saturated carbocycles. The van der Waals surface area contributed by atoms with Gasteiger partial charge in [0.05, 0.1) is 39.6 Å². The van der Waals surface area contributed by atoms with Crippen LogP contribution in [-0.2, 0) is 54.2 Å². The normalized spacial score (nSPS) is 16.3. The van der Waals surface area contributed by atoms with Crippen molar-refractivity contribution in [1.82, 2.24) is 36.9 Å². The van der Waals surface area contributed by atoms with Crippen molar-refractivity contribution in [2.45, 2.75) is 95.7 Å². The van der Waals surface area contributed by atoms with E-state index in [1.165, 1.54) is 6.92 Å². The molecule has 1 aromatic rings. The van der Waals surface area contributed by atoms with Crippen molar-refractivity contribution in [1.29, 1.82) is 0 Å². The minimum atomic E-state index is -1.52. The Balaban J connectivity index is 1.71. The van der Waals surface area contributed by atoms with Gasteiger partial charge in [-0.25, -0.2) is 14.4 Å². The SMILES string of the molecule is CC(=O)NCCOCCOCCOCCC(=O)NCC1CCC(C(=O)N[C@@H](Cc2ccncc2)C(=O)NCCCC[C@H](NC(=O)N[C@@H](CCC(=O)O)C(=O)O)C(=O)O)CC1. The first-order valence-corrected chi connectivity index (χ1v) is 20.2. The van der Waals surface area contributed by atoms with E-state index >= 15 is 0 Å². The number of aromatic nitrogens is 1. The van der Waals surface area contributed by atoms with Crippen LogP contribution in [0.5, 0.6) is 0 Å². The van der Waals surface area contributed by atoms with Crippen molar-refractivity contribution in [3.05, 3.63) is 30.1 Å². The van der Waals surface area contributed by atoms with Crippen LogP contribution in [-0.4, -0.2) is 145 Å². The molecule has 0 radical (unpaired) electrons. The van der Waals surface area contributed by atoms with Crippen LogP contribution in [0.25, 0.3) is 0 Å². The topological polar surface area (TPSA) is 310 Å². The molecule has 0 bridgehead atoms. The highest BCUT2D eigenvalue weighted by atomic mass is 16.5. The molecular weight excluding hydrogens is 790 g/mol. The summed E-state index contributed by atoms with van der Waals surface area (Å²) < 4.78 is 16.2. The number of nitrogens with zero attached hydrogens (tertiary/aromatic N) is 1. The number of pyridine rings is 1. The maximum atomic E-state index is 13.4. The number of carbonyl (C=O) groups is 8. The van der Waals surface area contributed by atoms with Gasteiger partial charge in [-0.15, -0.1) is 0 Å². The molecule has 60 heavy (non-hydrogen) atoms. The molecule has 0 unspecified atom stereocenters. The Morgan fingerprint density at radius 2 is 1.28 bits per heavy atom. The van der Waals surface area contributed by atoms with E-state index in [1.807, 2.05) is 0 Å². The second-order valence-electron chi connectivity index (χ2n) is 14.3. The van der Waals surface area contributed by atoms with Gasteiger partial charge in [-0.2, -0.15) is 0 Å². The Kier molecular flexibility index (Phi) is 25.2. The summed E-state index contributed by atoms with van der Waals surface area (Å²) in [6.45, 7) is 4.68. The van der Waals surface area contributed by atoms with Crippen LogP contribution in [0.4, 0.5) is 4.79 Å². The smallest absolute Gasteiger partial charge is 0.326 e. The maximum absolute atomic E-state index is 13.4. The fraction of sp³-hybridized carbons (Fsp3) is 0.667. The van der Waals surface area contributed by atoms with E-state index in [4.69, 9.17) is 19.3 Å². The summed E-state index contributed by atoms with van der Waals surface area (Å²) in [6, 6.07) is -1.38. The predicted octanol–water partition coefficient (Wildman–Crippen LogP) is -0.0356. The number of carboxylic acids is 3. The number of aliphatic carboxylic acids is 3. The molecule has 1 aromatic heterocycles. The quantitative estimate of drug-likeness (QED) is 0.0443. The molecule has 1 aliphatic carbocycles. The van der Waals surface area contributed by atoms with Crippen LogP contribution in [0.15, 0.2) is 24.5 Å². The van der Waals surface area contributed by atoms with Crippen molar-refractivity contribution in [2.75, 3.05) is 59.3 Å². The summed E-state index contributed by atoms with van der Waals surface area (Å²) in [6.07, 6.45) is 5.86. The van der Waals surface area contributed by atoms with Crippen molar-refractivity contribution >= 4 is 47.6 Å². The van der Waals surface area contributed by atoms with Gasteiger partial charge >= 0.3 is 23.9 Å². The molecule has 9 N–H and O–H groups in total. The van der Waals surface area contributed by atoms with Gasteiger partial charge in [-0.1, -0.05) is 0 Å². The van der Waals surface area contributed by atoms with Crippen molar-refractivity contribution in [3.8, 4) is 0 Å². The molecule has 1 aliphatic rings. The first kappa shape index (κ1) is 50.7. The van der Waals surface area contributed by atoms with E-state index in [-0.39, 0.29) is 74.8 Å². The molecule has 336 valence electrons. The average Bonchev–Trinajstić information content (AvgIpc) is 3.21. The van der Waals surface area contributed by atoms with Crippen LogP contribution in [0.2, 0.25) is 0 Å². The van der Waals surface area contributed by atoms with E-state index in [0.717, 1.165) is 18.4 Å². The number of nitrogens with one attached hydrogen (secondary N) is 6. The number of carboxylic acid groups (broad SMARTS) is 3. The Morgan fingerprint density at radius 1 is 0.683 bits per heavy atom. The third kappa shape index (κ3) is 23.2.